The van der Waals surface area contributed by atoms with Crippen LogP contribution in [0.3, 0.4) is 0 Å². The van der Waals surface area contributed by atoms with E-state index in [4.69, 9.17) is 14.6 Å². The molecule has 1 N–H and O–H groups in total. The van der Waals surface area contributed by atoms with Crippen LogP contribution in [0.4, 0.5) is 0 Å². The fraction of sp³-hybridized carbons (Fsp3) is 0.696. The summed E-state index contributed by atoms with van der Waals surface area (Å²) in [6, 6.07) is 6.17. The van der Waals surface area contributed by atoms with Crippen LogP contribution in [0.1, 0.15) is 83.5 Å². The molecule has 150 valence electrons. The molecule has 1 aromatic carbocycles. The van der Waals surface area contributed by atoms with Gasteiger partial charge < -0.3 is 14.6 Å². The molecule has 0 spiro atoms. The highest BCUT2D eigenvalue weighted by Gasteiger charge is 2.49. The number of fused-ring (bicyclic) bond motifs is 3. The van der Waals surface area contributed by atoms with Crippen LogP contribution >= 0.6 is 0 Å². The van der Waals surface area contributed by atoms with Crippen LogP contribution in [-0.4, -0.2) is 22.8 Å². The maximum Gasteiger partial charge on any atom is 0.303 e. The van der Waals surface area contributed by atoms with Gasteiger partial charge in [-0.25, -0.2) is 0 Å². The number of carboxylic acids is 1. The number of rotatable bonds is 7. The molecule has 4 atom stereocenters. The molecule has 3 rings (SSSR count). The molecular formula is C23H34O4. The highest BCUT2D eigenvalue weighted by atomic mass is 16.5. The number of hydrogen-bond acceptors (Lipinski definition) is 3. The first-order valence-electron chi connectivity index (χ1n) is 10.5. The highest BCUT2D eigenvalue weighted by Crippen LogP contribution is 2.52. The molecule has 0 unspecified atom stereocenters. The number of ether oxygens (including phenoxy) is 2. The van der Waals surface area contributed by atoms with Crippen LogP contribution in [0.2, 0.25) is 0 Å². The Morgan fingerprint density at radius 3 is 2.81 bits per heavy atom. The Morgan fingerprint density at radius 2 is 2.11 bits per heavy atom. The molecule has 2 aliphatic heterocycles. The van der Waals surface area contributed by atoms with E-state index in [-0.39, 0.29) is 24.2 Å². The van der Waals surface area contributed by atoms with Crippen molar-refractivity contribution < 1.29 is 19.4 Å². The maximum absolute atomic E-state index is 10.9. The molecule has 27 heavy (non-hydrogen) atoms. The van der Waals surface area contributed by atoms with E-state index in [1.165, 1.54) is 6.42 Å². The Kier molecular flexibility index (Phi) is 6.15. The van der Waals surface area contributed by atoms with Gasteiger partial charge in [-0.1, -0.05) is 32.4 Å². The highest BCUT2D eigenvalue weighted by molar-refractivity contribution is 5.67. The molecule has 0 bridgehead atoms. The minimum Gasteiger partial charge on any atom is -0.487 e. The van der Waals surface area contributed by atoms with Gasteiger partial charge in [0.2, 0.25) is 0 Å². The summed E-state index contributed by atoms with van der Waals surface area (Å²) in [6.07, 6.45) is 6.62. The third kappa shape index (κ3) is 4.66. The van der Waals surface area contributed by atoms with Gasteiger partial charge in [0.25, 0.3) is 0 Å². The Morgan fingerprint density at radius 1 is 1.33 bits per heavy atom. The number of carboxylic acid groups (broad SMARTS) is 1. The van der Waals surface area contributed by atoms with E-state index in [2.05, 4.69) is 33.8 Å². The van der Waals surface area contributed by atoms with Crippen molar-refractivity contribution in [2.45, 2.75) is 90.4 Å². The standard InChI is InChI=1S/C23H34O4/c1-15(2)6-5-13-23(4)19-11-7-16(3)26-22(19)18-10-8-17(9-12-21(24)25)14-20(18)27-23/h8,10,14-16,19,22H,5-7,9,11-13H2,1-4H3,(H,24,25)/t16-,19-,22+,23+/m1/s1. The Hall–Kier alpha value is -1.55. The first-order valence-corrected chi connectivity index (χ1v) is 10.5. The largest absolute Gasteiger partial charge is 0.487 e. The van der Waals surface area contributed by atoms with Gasteiger partial charge in [-0.05, 0) is 63.5 Å². The Bertz CT molecular complexity index is 668. The van der Waals surface area contributed by atoms with Crippen LogP contribution < -0.4 is 4.74 Å². The number of benzene rings is 1. The van der Waals surface area contributed by atoms with E-state index in [0.29, 0.717) is 18.3 Å². The molecule has 0 radical (unpaired) electrons. The minimum atomic E-state index is -0.767. The number of hydrogen-bond donors (Lipinski definition) is 1. The van der Waals surface area contributed by atoms with Crippen molar-refractivity contribution in [1.29, 1.82) is 0 Å². The average molecular weight is 375 g/mol. The zero-order valence-electron chi connectivity index (χ0n) is 17.2. The molecular weight excluding hydrogens is 340 g/mol. The summed E-state index contributed by atoms with van der Waals surface area (Å²) >= 11 is 0. The van der Waals surface area contributed by atoms with Gasteiger partial charge in [-0.3, -0.25) is 4.79 Å². The molecule has 2 aliphatic rings. The lowest BCUT2D eigenvalue weighted by Crippen LogP contribution is -2.50. The normalized spacial score (nSPS) is 29.7. The van der Waals surface area contributed by atoms with Gasteiger partial charge in [-0.15, -0.1) is 0 Å². The van der Waals surface area contributed by atoms with Crippen LogP contribution in [-0.2, 0) is 16.0 Å². The van der Waals surface area contributed by atoms with Crippen molar-refractivity contribution in [2.24, 2.45) is 11.8 Å². The van der Waals surface area contributed by atoms with Gasteiger partial charge in [0.15, 0.2) is 0 Å². The van der Waals surface area contributed by atoms with E-state index >= 15 is 0 Å². The fourth-order valence-electron chi connectivity index (χ4n) is 4.63. The summed E-state index contributed by atoms with van der Waals surface area (Å²) in [4.78, 5) is 10.9. The molecule has 2 heterocycles. The summed E-state index contributed by atoms with van der Waals surface area (Å²) in [5.74, 6) is 1.20. The van der Waals surface area contributed by atoms with E-state index in [1.54, 1.807) is 0 Å². The number of aryl methyl sites for hydroxylation is 1. The number of aliphatic carboxylic acids is 1. The van der Waals surface area contributed by atoms with Crippen LogP contribution in [0.25, 0.3) is 0 Å². The van der Waals surface area contributed by atoms with Crippen LogP contribution in [0.15, 0.2) is 18.2 Å². The van der Waals surface area contributed by atoms with Crippen LogP contribution in [0.5, 0.6) is 5.75 Å². The molecule has 1 aromatic rings. The second kappa shape index (κ2) is 8.22. The molecule has 1 saturated heterocycles. The maximum atomic E-state index is 10.9. The van der Waals surface area contributed by atoms with E-state index in [0.717, 1.165) is 42.6 Å². The fourth-order valence-corrected chi connectivity index (χ4v) is 4.63. The molecule has 0 saturated carbocycles. The monoisotopic (exact) mass is 374 g/mol. The summed E-state index contributed by atoms with van der Waals surface area (Å²) < 4.78 is 13.0. The van der Waals surface area contributed by atoms with E-state index in [9.17, 15) is 4.79 Å². The average Bonchev–Trinajstić information content (AvgIpc) is 2.59. The van der Waals surface area contributed by atoms with Gasteiger partial charge in [0.05, 0.1) is 12.2 Å². The van der Waals surface area contributed by atoms with Crippen LogP contribution in [0, 0.1) is 11.8 Å². The molecule has 0 amide bonds. The third-order valence-corrected chi connectivity index (χ3v) is 6.22. The van der Waals surface area contributed by atoms with E-state index in [1.807, 2.05) is 12.1 Å². The SMILES string of the molecule is CC(C)CCC[C@]1(C)Oc2cc(CCC(=O)O)ccc2[C@@H]2O[C@H](C)CC[C@H]21. The first kappa shape index (κ1) is 20.2. The molecule has 1 fully saturated rings. The lowest BCUT2D eigenvalue weighted by molar-refractivity contribution is -0.152. The van der Waals surface area contributed by atoms with Gasteiger partial charge >= 0.3 is 5.97 Å². The summed E-state index contributed by atoms with van der Waals surface area (Å²) in [7, 11) is 0. The van der Waals surface area contributed by atoms with Crippen molar-refractivity contribution in [2.75, 3.05) is 0 Å². The minimum absolute atomic E-state index is 0.0788. The first-order chi connectivity index (χ1) is 12.8. The van der Waals surface area contributed by atoms with Crippen molar-refractivity contribution >= 4 is 5.97 Å². The van der Waals surface area contributed by atoms with Crippen molar-refractivity contribution in [3.8, 4) is 5.75 Å². The van der Waals surface area contributed by atoms with Crippen molar-refractivity contribution in [1.82, 2.24) is 0 Å². The Balaban J connectivity index is 1.86. The number of carbonyl (C=O) groups is 1. The summed E-state index contributed by atoms with van der Waals surface area (Å²) in [6.45, 7) is 8.93. The van der Waals surface area contributed by atoms with E-state index < -0.39 is 5.97 Å². The lowest BCUT2D eigenvalue weighted by Gasteiger charge is -2.50. The second-order valence-corrected chi connectivity index (χ2v) is 9.02. The van der Waals surface area contributed by atoms with Gasteiger partial charge in [0, 0.05) is 17.9 Å². The van der Waals surface area contributed by atoms with Crippen molar-refractivity contribution in [3.05, 3.63) is 29.3 Å². The topological polar surface area (TPSA) is 55.8 Å². The van der Waals surface area contributed by atoms with Gasteiger partial charge in [-0.2, -0.15) is 0 Å². The smallest absolute Gasteiger partial charge is 0.303 e. The predicted octanol–water partition coefficient (Wildman–Crippen LogP) is 5.54. The summed E-state index contributed by atoms with van der Waals surface area (Å²) in [5.41, 5.74) is 1.92. The predicted molar refractivity (Wildman–Crippen MR) is 106 cm³/mol. The summed E-state index contributed by atoms with van der Waals surface area (Å²) in [5, 5.41) is 8.97. The second-order valence-electron chi connectivity index (χ2n) is 9.02. The zero-order chi connectivity index (χ0) is 19.6. The van der Waals surface area contributed by atoms with Crippen molar-refractivity contribution in [3.63, 3.8) is 0 Å². The molecule has 0 aromatic heterocycles. The molecule has 4 nitrogen and oxygen atoms in total. The molecule has 0 aliphatic carbocycles. The third-order valence-electron chi connectivity index (χ3n) is 6.22. The molecule has 4 heteroatoms. The van der Waals surface area contributed by atoms with Gasteiger partial charge in [0.1, 0.15) is 11.4 Å². The zero-order valence-corrected chi connectivity index (χ0v) is 17.2. The Labute approximate surface area is 163 Å². The lowest BCUT2D eigenvalue weighted by atomic mass is 9.72. The quantitative estimate of drug-likeness (QED) is 0.681.